The van der Waals surface area contributed by atoms with E-state index in [2.05, 4.69) is 28.2 Å². The summed E-state index contributed by atoms with van der Waals surface area (Å²) in [5, 5.41) is 2.92. The van der Waals surface area contributed by atoms with Crippen molar-refractivity contribution in [1.29, 1.82) is 0 Å². The van der Waals surface area contributed by atoms with E-state index >= 15 is 0 Å². The van der Waals surface area contributed by atoms with Crippen LogP contribution in [0.5, 0.6) is 5.75 Å². The predicted octanol–water partition coefficient (Wildman–Crippen LogP) is 5.38. The van der Waals surface area contributed by atoms with E-state index in [9.17, 15) is 14.0 Å². The number of Topliss-reactive ketones (excluding diaryl/α,β-unsaturated/α-hetero) is 1. The minimum absolute atomic E-state index is 0.00970. The molecular formula is C24H23BrFNO3. The molecule has 2 aromatic carbocycles. The van der Waals surface area contributed by atoms with E-state index in [1.54, 1.807) is 12.1 Å². The zero-order valence-electron chi connectivity index (χ0n) is 16.7. The van der Waals surface area contributed by atoms with Gasteiger partial charge in [0.15, 0.2) is 5.78 Å². The Hall–Kier alpha value is -2.47. The average molecular weight is 472 g/mol. The molecule has 0 aromatic heterocycles. The number of benzene rings is 2. The van der Waals surface area contributed by atoms with Crippen molar-refractivity contribution in [2.75, 3.05) is 6.61 Å². The summed E-state index contributed by atoms with van der Waals surface area (Å²) in [7, 11) is 0. The van der Waals surface area contributed by atoms with Gasteiger partial charge in [-0.1, -0.05) is 25.1 Å². The van der Waals surface area contributed by atoms with Crippen molar-refractivity contribution < 1.29 is 18.7 Å². The molecule has 0 spiro atoms. The third-order valence-electron chi connectivity index (χ3n) is 5.71. The van der Waals surface area contributed by atoms with Crippen molar-refractivity contribution in [3.63, 3.8) is 0 Å². The van der Waals surface area contributed by atoms with Gasteiger partial charge < -0.3 is 10.1 Å². The molecule has 2 atom stereocenters. The van der Waals surface area contributed by atoms with Crippen LogP contribution in [0.25, 0.3) is 0 Å². The zero-order valence-corrected chi connectivity index (χ0v) is 18.3. The molecule has 0 saturated carbocycles. The summed E-state index contributed by atoms with van der Waals surface area (Å²) in [6.07, 6.45) is 2.13. The third kappa shape index (κ3) is 4.19. The van der Waals surface area contributed by atoms with Gasteiger partial charge in [-0.2, -0.15) is 0 Å². The molecule has 0 saturated heterocycles. The number of ketones is 1. The second-order valence-corrected chi connectivity index (χ2v) is 8.67. The van der Waals surface area contributed by atoms with E-state index in [4.69, 9.17) is 4.74 Å². The predicted molar refractivity (Wildman–Crippen MR) is 116 cm³/mol. The topological polar surface area (TPSA) is 55.4 Å². The number of carbonyl (C=O) groups excluding carboxylic acids is 2. The third-order valence-corrected chi connectivity index (χ3v) is 6.31. The Morgan fingerprint density at radius 1 is 1.07 bits per heavy atom. The molecule has 4 rings (SSSR count). The fourth-order valence-corrected chi connectivity index (χ4v) is 4.66. The number of hydrogen-bond acceptors (Lipinski definition) is 3. The first-order valence-electron chi connectivity index (χ1n) is 10.2. The van der Waals surface area contributed by atoms with E-state index in [0.717, 1.165) is 23.3 Å². The van der Waals surface area contributed by atoms with Crippen molar-refractivity contribution in [1.82, 2.24) is 5.32 Å². The monoisotopic (exact) mass is 471 g/mol. The molecule has 2 unspecified atom stereocenters. The lowest BCUT2D eigenvalue weighted by molar-refractivity contribution is -0.122. The molecule has 6 heteroatoms. The SMILES string of the molecule is CCCOc1ccc(C2CC(=O)C3=C(C2)NC(=O)CC3c2ccc(F)c(Br)c2)cc1. The summed E-state index contributed by atoms with van der Waals surface area (Å²) in [5.41, 5.74) is 3.19. The van der Waals surface area contributed by atoms with Crippen molar-refractivity contribution in [3.05, 3.63) is 75.2 Å². The van der Waals surface area contributed by atoms with E-state index in [1.807, 2.05) is 24.3 Å². The Morgan fingerprint density at radius 2 is 1.80 bits per heavy atom. The second-order valence-electron chi connectivity index (χ2n) is 7.82. The standard InChI is InChI=1S/C24H23BrFNO3/c1-2-9-30-17-6-3-14(4-7-17)16-11-21-24(22(28)12-16)18(13-23(29)27-21)15-5-8-20(26)19(25)10-15/h3-8,10,16,18H,2,9,11-13H2,1H3,(H,27,29). The number of amides is 1. The summed E-state index contributed by atoms with van der Waals surface area (Å²) in [5.74, 6) is 0.0403. The fraction of sp³-hybridized carbons (Fsp3) is 0.333. The number of nitrogens with one attached hydrogen (secondary N) is 1. The molecule has 1 amide bonds. The molecule has 1 aliphatic heterocycles. The maximum absolute atomic E-state index is 13.7. The second kappa shape index (κ2) is 8.72. The highest BCUT2D eigenvalue weighted by Gasteiger charge is 2.38. The molecule has 1 heterocycles. The van der Waals surface area contributed by atoms with Crippen LogP contribution in [0.2, 0.25) is 0 Å². The largest absolute Gasteiger partial charge is 0.494 e. The lowest BCUT2D eigenvalue weighted by Crippen LogP contribution is -2.38. The van der Waals surface area contributed by atoms with Crippen LogP contribution in [-0.2, 0) is 9.59 Å². The molecule has 4 nitrogen and oxygen atoms in total. The number of halogens is 2. The summed E-state index contributed by atoms with van der Waals surface area (Å²) in [4.78, 5) is 25.5. The highest BCUT2D eigenvalue weighted by molar-refractivity contribution is 9.10. The number of hydrogen-bond donors (Lipinski definition) is 1. The molecule has 2 aliphatic rings. The number of carbonyl (C=O) groups is 2. The van der Waals surface area contributed by atoms with Gasteiger partial charge in [0.05, 0.1) is 11.1 Å². The minimum Gasteiger partial charge on any atom is -0.494 e. The Bertz CT molecular complexity index is 1020. The van der Waals surface area contributed by atoms with Crippen LogP contribution in [-0.4, -0.2) is 18.3 Å². The van der Waals surface area contributed by atoms with Gasteiger partial charge in [-0.05, 0) is 70.1 Å². The van der Waals surface area contributed by atoms with Crippen molar-refractivity contribution in [2.45, 2.75) is 44.4 Å². The van der Waals surface area contributed by atoms with E-state index in [1.165, 1.54) is 6.07 Å². The summed E-state index contributed by atoms with van der Waals surface area (Å²) < 4.78 is 19.6. The lowest BCUT2D eigenvalue weighted by Gasteiger charge is -2.34. The van der Waals surface area contributed by atoms with E-state index in [-0.39, 0.29) is 35.8 Å². The summed E-state index contributed by atoms with van der Waals surface area (Å²) >= 11 is 3.21. The van der Waals surface area contributed by atoms with Gasteiger partial charge in [-0.15, -0.1) is 0 Å². The smallest absolute Gasteiger partial charge is 0.225 e. The Balaban J connectivity index is 1.61. The Labute approximate surface area is 183 Å². The molecule has 0 fully saturated rings. The molecule has 156 valence electrons. The molecule has 1 N–H and O–H groups in total. The van der Waals surface area contributed by atoms with E-state index < -0.39 is 0 Å². The number of ether oxygens (including phenoxy) is 1. The quantitative estimate of drug-likeness (QED) is 0.636. The molecule has 0 bridgehead atoms. The van der Waals surface area contributed by atoms with Crippen molar-refractivity contribution >= 4 is 27.6 Å². The van der Waals surface area contributed by atoms with Crippen LogP contribution < -0.4 is 10.1 Å². The van der Waals surface area contributed by atoms with Gasteiger partial charge >= 0.3 is 0 Å². The minimum atomic E-state index is -0.366. The lowest BCUT2D eigenvalue weighted by atomic mass is 9.73. The van der Waals surface area contributed by atoms with Gasteiger partial charge in [-0.3, -0.25) is 9.59 Å². The van der Waals surface area contributed by atoms with Crippen molar-refractivity contribution in [3.8, 4) is 5.75 Å². The maximum atomic E-state index is 13.7. The zero-order chi connectivity index (χ0) is 21.3. The number of rotatable bonds is 5. The molecule has 0 radical (unpaired) electrons. The molecule has 30 heavy (non-hydrogen) atoms. The normalized spacial score (nSPS) is 21.3. The Kier molecular flexibility index (Phi) is 6.04. The van der Waals surface area contributed by atoms with Gasteiger partial charge in [-0.25, -0.2) is 4.39 Å². The summed E-state index contributed by atoms with van der Waals surface area (Å²) in [6.45, 7) is 2.73. The molecular weight excluding hydrogens is 449 g/mol. The highest BCUT2D eigenvalue weighted by atomic mass is 79.9. The van der Waals surface area contributed by atoms with Crippen molar-refractivity contribution in [2.24, 2.45) is 0 Å². The molecule has 2 aromatic rings. The highest BCUT2D eigenvalue weighted by Crippen LogP contribution is 2.43. The first kappa shape index (κ1) is 20.8. The Morgan fingerprint density at radius 3 is 2.50 bits per heavy atom. The fourth-order valence-electron chi connectivity index (χ4n) is 4.27. The van der Waals surface area contributed by atoms with Crippen LogP contribution in [0.1, 0.15) is 55.6 Å². The van der Waals surface area contributed by atoms with Gasteiger partial charge in [0.2, 0.25) is 5.91 Å². The summed E-state index contributed by atoms with van der Waals surface area (Å²) in [6, 6.07) is 12.5. The van der Waals surface area contributed by atoms with Crippen LogP contribution in [0.4, 0.5) is 4.39 Å². The van der Waals surface area contributed by atoms with Gasteiger partial charge in [0, 0.05) is 30.0 Å². The number of allylic oxidation sites excluding steroid dienone is 2. The van der Waals surface area contributed by atoms with Gasteiger partial charge in [0.25, 0.3) is 0 Å². The van der Waals surface area contributed by atoms with E-state index in [0.29, 0.717) is 35.2 Å². The van der Waals surface area contributed by atoms with Gasteiger partial charge in [0.1, 0.15) is 11.6 Å². The first-order valence-corrected chi connectivity index (χ1v) is 11.0. The molecule has 1 aliphatic carbocycles. The van der Waals surface area contributed by atoms with Crippen LogP contribution in [0, 0.1) is 5.82 Å². The van der Waals surface area contributed by atoms with Crippen LogP contribution >= 0.6 is 15.9 Å². The first-order chi connectivity index (χ1) is 14.5. The van der Waals surface area contributed by atoms with Crippen LogP contribution in [0.15, 0.2) is 58.2 Å². The maximum Gasteiger partial charge on any atom is 0.225 e. The van der Waals surface area contributed by atoms with Crippen LogP contribution in [0.3, 0.4) is 0 Å². The average Bonchev–Trinajstić information content (AvgIpc) is 2.73.